The molecule has 2 heteroatoms. The normalized spacial score (nSPS) is 11.5. The summed E-state index contributed by atoms with van der Waals surface area (Å²) in [6.07, 6.45) is 38.1. The first-order chi connectivity index (χ1) is 18.1. The van der Waals surface area contributed by atoms with Gasteiger partial charge in [-0.05, 0) is 57.8 Å². The van der Waals surface area contributed by atoms with Gasteiger partial charge in [0.2, 0.25) is 0 Å². The lowest BCUT2D eigenvalue weighted by atomic mass is 9.74. The topological polar surface area (TPSA) is 37.3 Å². The molecule has 1 N–H and O–H groups in total. The highest BCUT2D eigenvalue weighted by Crippen LogP contribution is 2.38. The predicted octanol–water partition coefficient (Wildman–Crippen LogP) is 12.1. The average molecular weight is 517 g/mol. The number of hydrogen-bond donors (Lipinski definition) is 1. The Hall–Kier alpha value is -1.31. The third-order valence-electron chi connectivity index (χ3n) is 8.14. The molecule has 0 aromatic rings. The number of carbonyl (C=O) groups is 1. The van der Waals surface area contributed by atoms with Gasteiger partial charge in [0, 0.05) is 0 Å². The van der Waals surface area contributed by atoms with Gasteiger partial charge in [0.1, 0.15) is 0 Å². The number of allylic oxidation sites excluding steroid dienone is 3. The molecule has 0 saturated carbocycles. The van der Waals surface area contributed by atoms with E-state index < -0.39 is 11.4 Å². The largest absolute Gasteiger partial charge is 0.481 e. The minimum atomic E-state index is -0.522. The Morgan fingerprint density at radius 3 is 0.865 bits per heavy atom. The molecule has 2 nitrogen and oxygen atoms in total. The maximum atomic E-state index is 12.6. The summed E-state index contributed by atoms with van der Waals surface area (Å²) >= 11 is 0. The first-order valence-corrected chi connectivity index (χ1v) is 16.2. The Morgan fingerprint density at radius 1 is 0.432 bits per heavy atom. The van der Waals surface area contributed by atoms with Gasteiger partial charge in [0.15, 0.2) is 0 Å². The van der Waals surface area contributed by atoms with E-state index in [-0.39, 0.29) is 0 Å². The van der Waals surface area contributed by atoms with Crippen LogP contribution >= 0.6 is 0 Å². The number of aliphatic carboxylic acids is 1. The lowest BCUT2D eigenvalue weighted by Crippen LogP contribution is -2.31. The summed E-state index contributed by atoms with van der Waals surface area (Å²) in [5.74, 6) is -0.522. The second-order valence-electron chi connectivity index (χ2n) is 11.5. The van der Waals surface area contributed by atoms with Crippen molar-refractivity contribution in [1.82, 2.24) is 0 Å². The van der Waals surface area contributed by atoms with Crippen molar-refractivity contribution >= 4 is 5.97 Å². The summed E-state index contributed by atoms with van der Waals surface area (Å²) in [5, 5.41) is 10.4. The van der Waals surface area contributed by atoms with Crippen LogP contribution in [0.3, 0.4) is 0 Å². The van der Waals surface area contributed by atoms with Crippen molar-refractivity contribution in [2.75, 3.05) is 0 Å². The smallest absolute Gasteiger partial charge is 0.309 e. The van der Waals surface area contributed by atoms with E-state index in [0.29, 0.717) is 0 Å². The molecule has 0 spiro atoms. The molecule has 0 radical (unpaired) electrons. The molecule has 0 aliphatic carbocycles. The van der Waals surface area contributed by atoms with Gasteiger partial charge in [-0.1, -0.05) is 134 Å². The fourth-order valence-electron chi connectivity index (χ4n) is 5.60. The van der Waals surface area contributed by atoms with E-state index in [9.17, 15) is 9.90 Å². The van der Waals surface area contributed by atoms with Crippen LogP contribution in [0.15, 0.2) is 38.0 Å². The molecule has 0 aromatic carbocycles. The highest BCUT2D eigenvalue weighted by Gasteiger charge is 2.36. The monoisotopic (exact) mass is 516 g/mol. The van der Waals surface area contributed by atoms with Gasteiger partial charge in [-0.2, -0.15) is 0 Å². The third kappa shape index (κ3) is 22.4. The molecule has 0 aromatic heterocycles. The Labute approximate surface area is 232 Å². The van der Waals surface area contributed by atoms with Crippen LogP contribution in [-0.4, -0.2) is 11.1 Å². The minimum absolute atomic E-state index is 0.488. The summed E-state index contributed by atoms with van der Waals surface area (Å²) < 4.78 is 0. The van der Waals surface area contributed by atoms with Gasteiger partial charge >= 0.3 is 5.97 Å². The van der Waals surface area contributed by atoms with Crippen molar-refractivity contribution in [2.45, 2.75) is 173 Å². The van der Waals surface area contributed by atoms with Gasteiger partial charge in [-0.25, -0.2) is 0 Å². The molecule has 0 aliphatic heterocycles. The van der Waals surface area contributed by atoms with Crippen LogP contribution in [-0.2, 0) is 4.79 Å². The van der Waals surface area contributed by atoms with Gasteiger partial charge in [0.25, 0.3) is 0 Å². The Balaban J connectivity index is 4.44. The molecule has 37 heavy (non-hydrogen) atoms. The number of rotatable bonds is 31. The maximum absolute atomic E-state index is 12.6. The SMILES string of the molecule is C=CCCCCCCCCCC(CCCCCCCCCC=C)(CCCCCCCCCC=C)C(=O)O. The fraction of sp³-hybridized carbons (Fsp3) is 0.800. The van der Waals surface area contributed by atoms with Crippen LogP contribution < -0.4 is 0 Å². The number of unbranched alkanes of at least 4 members (excludes halogenated alkanes) is 21. The van der Waals surface area contributed by atoms with Crippen molar-refractivity contribution in [3.05, 3.63) is 38.0 Å². The predicted molar refractivity (Wildman–Crippen MR) is 165 cm³/mol. The first-order valence-electron chi connectivity index (χ1n) is 16.2. The highest BCUT2D eigenvalue weighted by atomic mass is 16.4. The zero-order valence-corrected chi connectivity index (χ0v) is 24.8. The van der Waals surface area contributed by atoms with E-state index in [2.05, 4.69) is 19.7 Å². The Morgan fingerprint density at radius 2 is 0.649 bits per heavy atom. The number of carboxylic acid groups (broad SMARTS) is 1. The number of carboxylic acids is 1. The summed E-state index contributed by atoms with van der Waals surface area (Å²) in [6.45, 7) is 11.4. The van der Waals surface area contributed by atoms with E-state index >= 15 is 0 Å². The Kier molecular flexibility index (Phi) is 26.7. The molecule has 0 bridgehead atoms. The Bertz CT molecular complexity index is 471. The van der Waals surface area contributed by atoms with Crippen LogP contribution in [0.1, 0.15) is 173 Å². The van der Waals surface area contributed by atoms with Crippen molar-refractivity contribution in [2.24, 2.45) is 5.41 Å². The lowest BCUT2D eigenvalue weighted by molar-refractivity contribution is -0.150. The maximum Gasteiger partial charge on any atom is 0.309 e. The van der Waals surface area contributed by atoms with Gasteiger partial charge < -0.3 is 5.11 Å². The molecule has 0 heterocycles. The van der Waals surface area contributed by atoms with E-state index in [1.807, 2.05) is 18.2 Å². The van der Waals surface area contributed by atoms with Gasteiger partial charge in [-0.3, -0.25) is 4.79 Å². The van der Waals surface area contributed by atoms with E-state index in [4.69, 9.17) is 0 Å². The van der Waals surface area contributed by atoms with Crippen molar-refractivity contribution in [1.29, 1.82) is 0 Å². The summed E-state index contributed by atoms with van der Waals surface area (Å²) in [5.41, 5.74) is -0.488. The highest BCUT2D eigenvalue weighted by molar-refractivity contribution is 5.74. The molecule has 0 atom stereocenters. The summed E-state index contributed by atoms with van der Waals surface area (Å²) in [6, 6.07) is 0. The summed E-state index contributed by atoms with van der Waals surface area (Å²) in [7, 11) is 0. The zero-order chi connectivity index (χ0) is 27.3. The van der Waals surface area contributed by atoms with Crippen LogP contribution in [0, 0.1) is 5.41 Å². The summed E-state index contributed by atoms with van der Waals surface area (Å²) in [4.78, 5) is 12.6. The van der Waals surface area contributed by atoms with E-state index in [0.717, 1.165) is 57.8 Å². The molecule has 216 valence electrons. The lowest BCUT2D eigenvalue weighted by Gasteiger charge is -2.30. The second kappa shape index (κ2) is 27.7. The first kappa shape index (κ1) is 35.7. The van der Waals surface area contributed by atoms with Crippen LogP contribution in [0.2, 0.25) is 0 Å². The molecule has 0 fully saturated rings. The van der Waals surface area contributed by atoms with Crippen molar-refractivity contribution < 1.29 is 9.90 Å². The van der Waals surface area contributed by atoms with Crippen LogP contribution in [0.5, 0.6) is 0 Å². The molecular formula is C35H64O2. The van der Waals surface area contributed by atoms with Crippen molar-refractivity contribution in [3.8, 4) is 0 Å². The molecule has 0 saturated heterocycles. The molecule has 0 amide bonds. The van der Waals surface area contributed by atoms with Crippen LogP contribution in [0.25, 0.3) is 0 Å². The number of hydrogen-bond acceptors (Lipinski definition) is 1. The van der Waals surface area contributed by atoms with Gasteiger partial charge in [0.05, 0.1) is 5.41 Å². The fourth-order valence-corrected chi connectivity index (χ4v) is 5.60. The standard InChI is InChI=1S/C35H64O2/c1-4-7-10-13-16-19-22-25-28-31-35(34(36)37,32-29-26-23-20-17-14-11-8-5-2)33-30-27-24-21-18-15-12-9-6-3/h4-6H,1-3,7-33H2,(H,36,37). The molecule has 0 unspecified atom stereocenters. The van der Waals surface area contributed by atoms with E-state index in [1.165, 1.54) is 116 Å². The van der Waals surface area contributed by atoms with Crippen molar-refractivity contribution in [3.63, 3.8) is 0 Å². The van der Waals surface area contributed by atoms with Gasteiger partial charge in [-0.15, -0.1) is 19.7 Å². The second-order valence-corrected chi connectivity index (χ2v) is 11.5. The minimum Gasteiger partial charge on any atom is -0.481 e. The average Bonchev–Trinajstić information content (AvgIpc) is 2.89. The van der Waals surface area contributed by atoms with E-state index in [1.54, 1.807) is 0 Å². The quantitative estimate of drug-likeness (QED) is 0.0734. The molecule has 0 aliphatic rings. The van der Waals surface area contributed by atoms with Crippen LogP contribution in [0.4, 0.5) is 0 Å². The third-order valence-corrected chi connectivity index (χ3v) is 8.14. The molecule has 0 rings (SSSR count). The molecular weight excluding hydrogens is 452 g/mol. The zero-order valence-electron chi connectivity index (χ0n) is 24.8.